The van der Waals surface area contributed by atoms with Gasteiger partial charge in [-0.1, -0.05) is 19.1 Å². The van der Waals surface area contributed by atoms with Gasteiger partial charge in [0.1, 0.15) is 5.82 Å². The van der Waals surface area contributed by atoms with Crippen LogP contribution in [0.15, 0.2) is 29.3 Å². The molecule has 28 heavy (non-hydrogen) atoms. The van der Waals surface area contributed by atoms with Crippen LogP contribution in [0.5, 0.6) is 0 Å². The van der Waals surface area contributed by atoms with Crippen molar-refractivity contribution in [3.05, 3.63) is 35.6 Å². The lowest BCUT2D eigenvalue weighted by molar-refractivity contribution is 0.0170. The minimum absolute atomic E-state index is 0. The van der Waals surface area contributed by atoms with Gasteiger partial charge in [0.25, 0.3) is 0 Å². The van der Waals surface area contributed by atoms with E-state index >= 15 is 0 Å². The van der Waals surface area contributed by atoms with Crippen LogP contribution in [0.3, 0.4) is 0 Å². The maximum atomic E-state index is 13.3. The van der Waals surface area contributed by atoms with E-state index in [1.165, 1.54) is 12.1 Å². The molecule has 1 aromatic carbocycles. The molecule has 1 heterocycles. The maximum Gasteiger partial charge on any atom is 0.191 e. The van der Waals surface area contributed by atoms with Crippen molar-refractivity contribution in [1.29, 1.82) is 0 Å². The SMILES string of the molecule is CCS(=O)(=O)CCNC(=NC)NCC(c1ccc(F)cc1)N1CCOCC1.I. The fraction of sp³-hybridized carbons (Fsp3) is 0.611. The third-order valence-corrected chi connectivity index (χ3v) is 6.28. The summed E-state index contributed by atoms with van der Waals surface area (Å²) in [5.41, 5.74) is 1.01. The molecule has 0 saturated carbocycles. The summed E-state index contributed by atoms with van der Waals surface area (Å²) in [5.74, 6) is 0.475. The van der Waals surface area contributed by atoms with Gasteiger partial charge < -0.3 is 15.4 Å². The summed E-state index contributed by atoms with van der Waals surface area (Å²) in [6.45, 7) is 5.42. The van der Waals surface area contributed by atoms with Crippen LogP contribution in [0.1, 0.15) is 18.5 Å². The number of hydrogen-bond donors (Lipinski definition) is 2. The molecule has 2 N–H and O–H groups in total. The molecule has 1 unspecified atom stereocenters. The first kappa shape index (κ1) is 25.1. The first-order chi connectivity index (χ1) is 12.9. The quantitative estimate of drug-likeness (QED) is 0.302. The Bertz CT molecular complexity index is 710. The molecule has 0 aliphatic carbocycles. The van der Waals surface area contributed by atoms with Crippen molar-refractivity contribution < 1.29 is 17.5 Å². The van der Waals surface area contributed by atoms with Crippen LogP contribution in [0, 0.1) is 5.82 Å². The number of morpholine rings is 1. The predicted molar refractivity (Wildman–Crippen MR) is 121 cm³/mol. The summed E-state index contributed by atoms with van der Waals surface area (Å²) < 4.78 is 41.9. The molecule has 10 heteroatoms. The molecule has 0 bridgehead atoms. The zero-order chi connectivity index (χ0) is 19.7. The lowest BCUT2D eigenvalue weighted by Gasteiger charge is -2.35. The van der Waals surface area contributed by atoms with Gasteiger partial charge in [-0.2, -0.15) is 0 Å². The van der Waals surface area contributed by atoms with Crippen LogP contribution in [-0.2, 0) is 14.6 Å². The Morgan fingerprint density at radius 1 is 1.25 bits per heavy atom. The zero-order valence-corrected chi connectivity index (χ0v) is 19.5. The summed E-state index contributed by atoms with van der Waals surface area (Å²) in [6, 6.07) is 6.55. The van der Waals surface area contributed by atoms with Gasteiger partial charge in [-0.25, -0.2) is 12.8 Å². The summed E-state index contributed by atoms with van der Waals surface area (Å²) in [5, 5.41) is 6.29. The number of hydrogen-bond acceptors (Lipinski definition) is 5. The molecule has 1 aromatic rings. The van der Waals surface area contributed by atoms with Gasteiger partial charge in [-0.3, -0.25) is 9.89 Å². The largest absolute Gasteiger partial charge is 0.379 e. The van der Waals surface area contributed by atoms with E-state index in [0.29, 0.717) is 32.3 Å². The summed E-state index contributed by atoms with van der Waals surface area (Å²) in [7, 11) is -1.38. The Labute approximate surface area is 184 Å². The minimum Gasteiger partial charge on any atom is -0.379 e. The van der Waals surface area contributed by atoms with Crippen molar-refractivity contribution in [2.24, 2.45) is 4.99 Å². The minimum atomic E-state index is -3.02. The van der Waals surface area contributed by atoms with Crippen molar-refractivity contribution in [3.8, 4) is 0 Å². The third-order valence-electron chi connectivity index (χ3n) is 4.57. The smallest absolute Gasteiger partial charge is 0.191 e. The Morgan fingerprint density at radius 2 is 1.89 bits per heavy atom. The number of rotatable bonds is 8. The van der Waals surface area contributed by atoms with Crippen molar-refractivity contribution in [2.75, 3.05) is 57.9 Å². The fourth-order valence-electron chi connectivity index (χ4n) is 2.92. The summed E-state index contributed by atoms with van der Waals surface area (Å²) >= 11 is 0. The normalized spacial score (nSPS) is 16.9. The van der Waals surface area contributed by atoms with Crippen molar-refractivity contribution >= 4 is 39.8 Å². The lowest BCUT2D eigenvalue weighted by Crippen LogP contribution is -2.46. The van der Waals surface area contributed by atoms with Crippen LogP contribution in [0.2, 0.25) is 0 Å². The van der Waals surface area contributed by atoms with Crippen LogP contribution in [0.4, 0.5) is 4.39 Å². The van der Waals surface area contributed by atoms with E-state index in [-0.39, 0.29) is 47.3 Å². The zero-order valence-electron chi connectivity index (χ0n) is 16.4. The number of guanidine groups is 1. The number of nitrogens with one attached hydrogen (secondary N) is 2. The van der Waals surface area contributed by atoms with E-state index in [0.717, 1.165) is 18.7 Å². The van der Waals surface area contributed by atoms with E-state index in [4.69, 9.17) is 4.74 Å². The number of sulfone groups is 1. The molecule has 7 nitrogen and oxygen atoms in total. The molecule has 0 amide bonds. The number of halogens is 2. The van der Waals surface area contributed by atoms with Gasteiger partial charge >= 0.3 is 0 Å². The van der Waals surface area contributed by atoms with Crippen molar-refractivity contribution in [1.82, 2.24) is 15.5 Å². The molecule has 0 aromatic heterocycles. The average molecular weight is 528 g/mol. The second-order valence-corrected chi connectivity index (χ2v) is 8.80. The highest BCUT2D eigenvalue weighted by Gasteiger charge is 2.23. The van der Waals surface area contributed by atoms with Gasteiger partial charge in [0.15, 0.2) is 15.8 Å². The van der Waals surface area contributed by atoms with Gasteiger partial charge in [0, 0.05) is 39.0 Å². The second kappa shape index (κ2) is 12.6. The standard InChI is InChI=1S/C18H29FN4O3S.HI/c1-3-27(24,25)13-8-21-18(20-2)22-14-17(23-9-11-26-12-10-23)15-4-6-16(19)7-5-15;/h4-7,17H,3,8-14H2,1-2H3,(H2,20,21,22);1H. The summed E-state index contributed by atoms with van der Waals surface area (Å²) in [6.07, 6.45) is 0. The van der Waals surface area contributed by atoms with E-state index < -0.39 is 9.84 Å². The third kappa shape index (κ3) is 8.18. The molecule has 0 radical (unpaired) electrons. The molecular formula is C18H30FIN4O3S. The van der Waals surface area contributed by atoms with E-state index in [9.17, 15) is 12.8 Å². The van der Waals surface area contributed by atoms with Gasteiger partial charge in [-0.15, -0.1) is 24.0 Å². The van der Waals surface area contributed by atoms with E-state index in [2.05, 4.69) is 20.5 Å². The maximum absolute atomic E-state index is 13.3. The Hall–Kier alpha value is -0.980. The number of benzene rings is 1. The molecule has 0 spiro atoms. The number of ether oxygens (including phenoxy) is 1. The van der Waals surface area contributed by atoms with Crippen molar-refractivity contribution in [2.45, 2.75) is 13.0 Å². The van der Waals surface area contributed by atoms with Crippen LogP contribution in [-0.4, -0.2) is 77.2 Å². The molecule has 1 aliphatic heterocycles. The fourth-order valence-corrected chi connectivity index (χ4v) is 3.62. The lowest BCUT2D eigenvalue weighted by atomic mass is 10.0. The Balaban J connectivity index is 0.00000392. The molecule has 2 rings (SSSR count). The summed E-state index contributed by atoms with van der Waals surface area (Å²) in [4.78, 5) is 6.44. The monoisotopic (exact) mass is 528 g/mol. The second-order valence-electron chi connectivity index (χ2n) is 6.33. The Morgan fingerprint density at radius 3 is 2.46 bits per heavy atom. The topological polar surface area (TPSA) is 83.0 Å². The molecule has 1 saturated heterocycles. The Kier molecular flexibility index (Phi) is 11.2. The highest BCUT2D eigenvalue weighted by atomic mass is 127. The van der Waals surface area contributed by atoms with Gasteiger partial charge in [0.2, 0.25) is 0 Å². The van der Waals surface area contributed by atoms with E-state index in [1.807, 2.05) is 0 Å². The predicted octanol–water partition coefficient (Wildman–Crippen LogP) is 1.42. The number of aliphatic imine (C=N–C) groups is 1. The van der Waals surface area contributed by atoms with Crippen LogP contribution in [0.25, 0.3) is 0 Å². The molecular weight excluding hydrogens is 498 g/mol. The first-order valence-electron chi connectivity index (χ1n) is 9.17. The average Bonchev–Trinajstić information content (AvgIpc) is 2.68. The number of nitrogens with zero attached hydrogens (tertiary/aromatic N) is 2. The van der Waals surface area contributed by atoms with Crippen LogP contribution < -0.4 is 10.6 Å². The van der Waals surface area contributed by atoms with Gasteiger partial charge in [0.05, 0.1) is 25.0 Å². The highest BCUT2D eigenvalue weighted by Crippen LogP contribution is 2.21. The highest BCUT2D eigenvalue weighted by molar-refractivity contribution is 14.0. The van der Waals surface area contributed by atoms with Gasteiger partial charge in [-0.05, 0) is 17.7 Å². The molecule has 1 fully saturated rings. The van der Waals surface area contributed by atoms with Crippen molar-refractivity contribution in [3.63, 3.8) is 0 Å². The van der Waals surface area contributed by atoms with E-state index in [1.54, 1.807) is 26.1 Å². The molecule has 1 aliphatic rings. The first-order valence-corrected chi connectivity index (χ1v) is 11.0. The van der Waals surface area contributed by atoms with Crippen LogP contribution >= 0.6 is 24.0 Å². The molecule has 160 valence electrons. The molecule has 1 atom stereocenters.